The Kier molecular flexibility index (Phi) is 4.74. The van der Waals surface area contributed by atoms with Crippen molar-refractivity contribution in [2.75, 3.05) is 0 Å². The van der Waals surface area contributed by atoms with Gasteiger partial charge in [0, 0.05) is 28.4 Å². The molecule has 0 unspecified atom stereocenters. The summed E-state index contributed by atoms with van der Waals surface area (Å²) in [5.41, 5.74) is 4.26. The van der Waals surface area contributed by atoms with Gasteiger partial charge in [-0.1, -0.05) is 54.6 Å². The Balaban J connectivity index is 1.67. The van der Waals surface area contributed by atoms with Gasteiger partial charge in [-0.25, -0.2) is 0 Å². The molecule has 0 saturated heterocycles. The summed E-state index contributed by atoms with van der Waals surface area (Å²) < 4.78 is 35.7. The van der Waals surface area contributed by atoms with Gasteiger partial charge in [-0.3, -0.25) is 14.1 Å². The maximum atomic E-state index is 13.5. The van der Waals surface area contributed by atoms with Crippen molar-refractivity contribution >= 4 is 37.7 Å². The smallest absolute Gasteiger partial charge is 0.294 e. The van der Waals surface area contributed by atoms with Crippen LogP contribution in [0.3, 0.4) is 0 Å². The molecular weight excluding hydrogens is 462 g/mol. The summed E-state index contributed by atoms with van der Waals surface area (Å²) in [5.74, 6) is -0.103. The zero-order valence-electron chi connectivity index (χ0n) is 18.4. The van der Waals surface area contributed by atoms with Crippen molar-refractivity contribution in [3.63, 3.8) is 0 Å². The van der Waals surface area contributed by atoms with Crippen LogP contribution in [-0.2, 0) is 23.1 Å². The highest BCUT2D eigenvalue weighted by molar-refractivity contribution is 7.85. The molecule has 0 atom stereocenters. The Morgan fingerprint density at radius 3 is 2.29 bits per heavy atom. The van der Waals surface area contributed by atoms with Crippen LogP contribution in [-0.4, -0.2) is 23.3 Å². The molecule has 35 heavy (non-hydrogen) atoms. The number of benzene rings is 4. The fourth-order valence-corrected chi connectivity index (χ4v) is 5.76. The van der Waals surface area contributed by atoms with Crippen LogP contribution >= 0.6 is 0 Å². The minimum atomic E-state index is -4.45. The quantitative estimate of drug-likeness (QED) is 0.295. The van der Waals surface area contributed by atoms with E-state index in [4.69, 9.17) is 0 Å². The topological polar surface area (TPSA) is 93.4 Å². The Morgan fingerprint density at radius 1 is 0.743 bits per heavy atom. The molecule has 1 heterocycles. The second-order valence-corrected chi connectivity index (χ2v) is 10.1. The van der Waals surface area contributed by atoms with Gasteiger partial charge in [0.2, 0.25) is 0 Å². The summed E-state index contributed by atoms with van der Waals surface area (Å²) in [7, 11) is -4.45. The molecule has 0 bridgehead atoms. The predicted molar refractivity (Wildman–Crippen MR) is 134 cm³/mol. The van der Waals surface area contributed by atoms with E-state index < -0.39 is 10.1 Å². The molecule has 172 valence electrons. The maximum Gasteiger partial charge on any atom is 0.294 e. The van der Waals surface area contributed by atoms with Gasteiger partial charge in [0.1, 0.15) is 0 Å². The number of carbonyl (C=O) groups is 1. The first-order valence-electron chi connectivity index (χ1n) is 11.1. The summed E-state index contributed by atoms with van der Waals surface area (Å²) in [5, 5.41) is 0.950. The lowest BCUT2D eigenvalue weighted by atomic mass is 9.84. The molecule has 6 nitrogen and oxygen atoms in total. The standard InChI is InChI=1S/C28H19NO5S/c30-27-20-9-3-1-7-17(20)13-19-14-23-25(15-22(19)27)29(24-11-5-4-10-21(24)28(23)31)16-18-8-2-6-12-26(18)35(32,33)34/h1-12,14-15H,13,16H2,(H,32,33,34). The van der Waals surface area contributed by atoms with Crippen LogP contribution in [0.15, 0.2) is 94.6 Å². The number of carbonyl (C=O) groups excluding carboxylic acids is 1. The molecule has 0 spiro atoms. The van der Waals surface area contributed by atoms with Gasteiger partial charge in [-0.05, 0) is 53.4 Å². The van der Waals surface area contributed by atoms with Crippen LogP contribution in [0.1, 0.15) is 32.6 Å². The van der Waals surface area contributed by atoms with Crippen molar-refractivity contribution in [2.24, 2.45) is 0 Å². The number of rotatable bonds is 3. The van der Waals surface area contributed by atoms with Crippen LogP contribution < -0.4 is 5.43 Å². The van der Waals surface area contributed by atoms with E-state index in [1.54, 1.807) is 60.7 Å². The van der Waals surface area contributed by atoms with E-state index in [0.717, 1.165) is 11.1 Å². The van der Waals surface area contributed by atoms with E-state index in [1.807, 2.05) is 22.8 Å². The van der Waals surface area contributed by atoms with Gasteiger partial charge in [0.25, 0.3) is 10.1 Å². The van der Waals surface area contributed by atoms with Gasteiger partial charge >= 0.3 is 0 Å². The largest absolute Gasteiger partial charge is 0.336 e. The third-order valence-corrected chi connectivity index (χ3v) is 7.62. The van der Waals surface area contributed by atoms with Crippen molar-refractivity contribution in [3.8, 4) is 0 Å². The van der Waals surface area contributed by atoms with Crippen LogP contribution in [0.4, 0.5) is 0 Å². The van der Waals surface area contributed by atoms with Crippen molar-refractivity contribution in [1.82, 2.24) is 4.57 Å². The second kappa shape index (κ2) is 7.73. The predicted octanol–water partition coefficient (Wildman–Crippen LogP) is 4.58. The molecule has 7 heteroatoms. The molecule has 1 aliphatic rings. The van der Waals surface area contributed by atoms with Gasteiger partial charge in [0.05, 0.1) is 15.9 Å². The summed E-state index contributed by atoms with van der Waals surface area (Å²) in [6, 6.07) is 24.3. The molecule has 1 N–H and O–H groups in total. The maximum absolute atomic E-state index is 13.5. The number of hydrogen-bond acceptors (Lipinski definition) is 4. The number of fused-ring (bicyclic) bond motifs is 4. The molecule has 1 aliphatic carbocycles. The minimum absolute atomic E-state index is 0.0802. The highest BCUT2D eigenvalue weighted by Crippen LogP contribution is 2.31. The third kappa shape index (κ3) is 3.39. The Hall–Kier alpha value is -4.07. The molecule has 4 aromatic carbocycles. The first-order valence-corrected chi connectivity index (χ1v) is 12.5. The molecular formula is C28H19NO5S. The summed E-state index contributed by atoms with van der Waals surface area (Å²) >= 11 is 0. The van der Waals surface area contributed by atoms with Crippen LogP contribution in [0.25, 0.3) is 21.8 Å². The SMILES string of the molecule is O=C1c2ccccc2Cc2cc3c(=O)c4ccccc4n(Cc4ccccc4S(=O)(=O)O)c3cc21. The minimum Gasteiger partial charge on any atom is -0.336 e. The number of ketones is 1. The second-order valence-electron chi connectivity index (χ2n) is 8.70. The van der Waals surface area contributed by atoms with Crippen LogP contribution in [0.2, 0.25) is 0 Å². The first-order chi connectivity index (χ1) is 16.8. The fraction of sp³-hybridized carbons (Fsp3) is 0.0714. The average molecular weight is 482 g/mol. The number of para-hydroxylation sites is 1. The summed E-state index contributed by atoms with van der Waals surface area (Å²) in [6.45, 7) is 0.0802. The van der Waals surface area contributed by atoms with Crippen LogP contribution in [0.5, 0.6) is 0 Å². The highest BCUT2D eigenvalue weighted by Gasteiger charge is 2.25. The van der Waals surface area contributed by atoms with Gasteiger partial charge < -0.3 is 4.57 Å². The molecule has 6 rings (SSSR count). The Labute approximate surface area is 200 Å². The zero-order valence-corrected chi connectivity index (χ0v) is 19.2. The van der Waals surface area contributed by atoms with Gasteiger partial charge in [-0.15, -0.1) is 0 Å². The molecule has 0 radical (unpaired) electrons. The van der Waals surface area contributed by atoms with Crippen LogP contribution in [0, 0.1) is 0 Å². The molecule has 1 aromatic heterocycles. The normalized spacial score (nSPS) is 13.1. The number of nitrogens with zero attached hydrogens (tertiary/aromatic N) is 1. The number of pyridine rings is 1. The van der Waals surface area contributed by atoms with E-state index in [2.05, 4.69) is 0 Å². The number of aromatic nitrogens is 1. The highest BCUT2D eigenvalue weighted by atomic mass is 32.2. The molecule has 0 amide bonds. The molecule has 0 fully saturated rings. The lowest BCUT2D eigenvalue weighted by molar-refractivity contribution is 0.103. The zero-order chi connectivity index (χ0) is 24.3. The first kappa shape index (κ1) is 21.5. The number of hydrogen-bond donors (Lipinski definition) is 1. The lowest BCUT2D eigenvalue weighted by Gasteiger charge is -2.22. The molecule has 0 saturated carbocycles. The van der Waals surface area contributed by atoms with Crippen molar-refractivity contribution in [1.29, 1.82) is 0 Å². The van der Waals surface area contributed by atoms with Gasteiger partial charge in [-0.2, -0.15) is 8.42 Å². The molecule has 5 aromatic rings. The fourth-order valence-electron chi connectivity index (χ4n) is 5.04. The van der Waals surface area contributed by atoms with E-state index in [9.17, 15) is 22.6 Å². The van der Waals surface area contributed by atoms with E-state index in [1.165, 1.54) is 6.07 Å². The Bertz CT molecular complexity index is 1870. The van der Waals surface area contributed by atoms with E-state index in [-0.39, 0.29) is 22.7 Å². The average Bonchev–Trinajstić information content (AvgIpc) is 2.86. The van der Waals surface area contributed by atoms with Crippen molar-refractivity contribution < 1.29 is 17.8 Å². The summed E-state index contributed by atoms with van der Waals surface area (Å²) in [6.07, 6.45) is 0.547. The van der Waals surface area contributed by atoms with E-state index in [0.29, 0.717) is 44.9 Å². The van der Waals surface area contributed by atoms with E-state index >= 15 is 0 Å². The molecule has 0 aliphatic heterocycles. The summed E-state index contributed by atoms with van der Waals surface area (Å²) in [4.78, 5) is 26.7. The van der Waals surface area contributed by atoms with Crippen molar-refractivity contribution in [2.45, 2.75) is 17.9 Å². The third-order valence-electron chi connectivity index (χ3n) is 6.66. The lowest BCUT2D eigenvalue weighted by Crippen LogP contribution is -2.18. The monoisotopic (exact) mass is 481 g/mol. The Morgan fingerprint density at radius 2 is 1.46 bits per heavy atom. The van der Waals surface area contributed by atoms with Gasteiger partial charge in [0.15, 0.2) is 11.2 Å². The van der Waals surface area contributed by atoms with Crippen molar-refractivity contribution in [3.05, 3.63) is 123 Å².